The summed E-state index contributed by atoms with van der Waals surface area (Å²) in [4.78, 5) is 28.3. The third-order valence-electron chi connectivity index (χ3n) is 4.65. The molecule has 5 nitrogen and oxygen atoms in total. The maximum absolute atomic E-state index is 12.3. The van der Waals surface area contributed by atoms with Crippen molar-refractivity contribution in [1.29, 1.82) is 0 Å². The lowest BCUT2D eigenvalue weighted by Crippen LogP contribution is -2.44. The number of piperidine rings is 1. The number of hydrogen-bond acceptors (Lipinski definition) is 3. The molecule has 2 rings (SSSR count). The highest BCUT2D eigenvalue weighted by Gasteiger charge is 2.21. The molecule has 1 heterocycles. The van der Waals surface area contributed by atoms with E-state index in [0.29, 0.717) is 12.5 Å². The number of likely N-dealkylation sites (tertiary alicyclic amines) is 1. The SMILES string of the molecule is Cc1cccc(C)c1NC(=O)CN(C)C(=O)CN1CCC[C@@H](C)C1. The fourth-order valence-corrected chi connectivity index (χ4v) is 3.24. The molecule has 1 aliphatic heterocycles. The summed E-state index contributed by atoms with van der Waals surface area (Å²) in [5.74, 6) is 0.486. The van der Waals surface area contributed by atoms with E-state index in [0.717, 1.165) is 36.3 Å². The zero-order valence-corrected chi connectivity index (χ0v) is 15.3. The molecule has 132 valence electrons. The number of para-hydroxylation sites is 1. The van der Waals surface area contributed by atoms with Crippen LogP contribution in [0.1, 0.15) is 30.9 Å². The summed E-state index contributed by atoms with van der Waals surface area (Å²) in [5, 5.41) is 2.93. The number of nitrogens with one attached hydrogen (secondary N) is 1. The molecule has 0 spiro atoms. The number of carbonyl (C=O) groups excluding carboxylic acids is 2. The van der Waals surface area contributed by atoms with Crippen LogP contribution in [0.2, 0.25) is 0 Å². The number of rotatable bonds is 5. The van der Waals surface area contributed by atoms with E-state index in [-0.39, 0.29) is 18.4 Å². The van der Waals surface area contributed by atoms with Gasteiger partial charge in [-0.25, -0.2) is 0 Å². The molecule has 5 heteroatoms. The third kappa shape index (κ3) is 5.06. The van der Waals surface area contributed by atoms with Gasteiger partial charge in [-0.2, -0.15) is 0 Å². The monoisotopic (exact) mass is 331 g/mol. The first-order valence-electron chi connectivity index (χ1n) is 8.69. The minimum absolute atomic E-state index is 0.000700. The lowest BCUT2D eigenvalue weighted by molar-refractivity contribution is -0.134. The molecule has 0 saturated carbocycles. The van der Waals surface area contributed by atoms with Gasteiger partial charge >= 0.3 is 0 Å². The van der Waals surface area contributed by atoms with Gasteiger partial charge in [-0.15, -0.1) is 0 Å². The van der Waals surface area contributed by atoms with Crippen molar-refractivity contribution in [2.45, 2.75) is 33.6 Å². The Labute approximate surface area is 145 Å². The molecule has 0 bridgehead atoms. The fraction of sp³-hybridized carbons (Fsp3) is 0.579. The highest BCUT2D eigenvalue weighted by molar-refractivity contribution is 5.95. The Morgan fingerprint density at radius 2 is 1.96 bits per heavy atom. The van der Waals surface area contributed by atoms with Gasteiger partial charge in [-0.1, -0.05) is 25.1 Å². The average Bonchev–Trinajstić information content (AvgIpc) is 2.51. The summed E-state index contributed by atoms with van der Waals surface area (Å²) in [5.41, 5.74) is 2.90. The first kappa shape index (κ1) is 18.5. The lowest BCUT2D eigenvalue weighted by Gasteiger charge is -2.31. The van der Waals surface area contributed by atoms with Gasteiger partial charge < -0.3 is 10.2 Å². The van der Waals surface area contributed by atoms with Gasteiger partial charge in [0.1, 0.15) is 0 Å². The highest BCUT2D eigenvalue weighted by Crippen LogP contribution is 2.19. The van der Waals surface area contributed by atoms with Gasteiger partial charge in [0, 0.05) is 19.3 Å². The fourth-order valence-electron chi connectivity index (χ4n) is 3.24. The Bertz CT molecular complexity index is 580. The molecule has 1 aliphatic rings. The minimum Gasteiger partial charge on any atom is -0.335 e. The van der Waals surface area contributed by atoms with Gasteiger partial charge in [0.05, 0.1) is 13.1 Å². The maximum Gasteiger partial charge on any atom is 0.243 e. The van der Waals surface area contributed by atoms with Crippen LogP contribution in [-0.2, 0) is 9.59 Å². The maximum atomic E-state index is 12.3. The van der Waals surface area contributed by atoms with E-state index >= 15 is 0 Å². The van der Waals surface area contributed by atoms with E-state index in [1.807, 2.05) is 32.0 Å². The van der Waals surface area contributed by atoms with Crippen molar-refractivity contribution in [2.75, 3.05) is 38.5 Å². The largest absolute Gasteiger partial charge is 0.335 e. The molecule has 1 fully saturated rings. The van der Waals surface area contributed by atoms with Crippen molar-refractivity contribution in [3.05, 3.63) is 29.3 Å². The quantitative estimate of drug-likeness (QED) is 0.901. The van der Waals surface area contributed by atoms with Gasteiger partial charge in [0.15, 0.2) is 0 Å². The van der Waals surface area contributed by atoms with E-state index < -0.39 is 0 Å². The molecule has 1 aromatic rings. The summed E-state index contributed by atoms with van der Waals surface area (Å²) in [7, 11) is 1.69. The molecule has 1 atom stereocenters. The predicted molar refractivity (Wildman–Crippen MR) is 97.0 cm³/mol. The van der Waals surface area contributed by atoms with E-state index in [2.05, 4.69) is 17.1 Å². The predicted octanol–water partition coefficient (Wildman–Crippen LogP) is 2.43. The van der Waals surface area contributed by atoms with Crippen LogP contribution < -0.4 is 5.32 Å². The topological polar surface area (TPSA) is 52.7 Å². The van der Waals surface area contributed by atoms with Crippen LogP contribution in [0.5, 0.6) is 0 Å². The molecule has 2 amide bonds. The second-order valence-electron chi connectivity index (χ2n) is 7.05. The number of aryl methyl sites for hydroxylation is 2. The van der Waals surface area contributed by atoms with E-state index in [4.69, 9.17) is 0 Å². The molecule has 0 unspecified atom stereocenters. The molecular weight excluding hydrogens is 302 g/mol. The van der Waals surface area contributed by atoms with Crippen molar-refractivity contribution in [3.8, 4) is 0 Å². The number of anilines is 1. The average molecular weight is 331 g/mol. The zero-order valence-electron chi connectivity index (χ0n) is 15.3. The second-order valence-corrected chi connectivity index (χ2v) is 7.05. The van der Waals surface area contributed by atoms with E-state index in [1.54, 1.807) is 7.05 Å². The standard InChI is InChI=1S/C19H29N3O2/c1-14-7-6-10-22(11-14)13-18(24)21(4)12-17(23)20-19-15(2)8-5-9-16(19)3/h5,8-9,14H,6-7,10-13H2,1-4H3,(H,20,23)/t14-/m1/s1. The number of hydrogen-bond donors (Lipinski definition) is 1. The summed E-state index contributed by atoms with van der Waals surface area (Å²) in [6, 6.07) is 5.90. The van der Waals surface area contributed by atoms with Crippen LogP contribution in [0, 0.1) is 19.8 Å². The first-order valence-corrected chi connectivity index (χ1v) is 8.69. The van der Waals surface area contributed by atoms with Gasteiger partial charge in [-0.05, 0) is 50.3 Å². The zero-order chi connectivity index (χ0) is 17.7. The molecule has 1 aromatic carbocycles. The number of nitrogens with zero attached hydrogens (tertiary/aromatic N) is 2. The Morgan fingerprint density at radius 1 is 1.29 bits per heavy atom. The van der Waals surface area contributed by atoms with Crippen molar-refractivity contribution in [2.24, 2.45) is 5.92 Å². The molecule has 1 N–H and O–H groups in total. The second kappa shape index (κ2) is 8.29. The number of amides is 2. The summed E-state index contributed by atoms with van der Waals surface area (Å²) < 4.78 is 0. The van der Waals surface area contributed by atoms with Crippen LogP contribution in [-0.4, -0.2) is 54.8 Å². The van der Waals surface area contributed by atoms with Crippen LogP contribution in [0.4, 0.5) is 5.69 Å². The normalized spacial score (nSPS) is 18.2. The number of carbonyl (C=O) groups is 2. The molecule has 0 aliphatic carbocycles. The van der Waals surface area contributed by atoms with Crippen LogP contribution >= 0.6 is 0 Å². The van der Waals surface area contributed by atoms with E-state index in [1.165, 1.54) is 11.3 Å². The summed E-state index contributed by atoms with van der Waals surface area (Å²) in [6.45, 7) is 8.57. The van der Waals surface area contributed by atoms with Gasteiger partial charge in [-0.3, -0.25) is 14.5 Å². The Balaban J connectivity index is 1.85. The first-order chi connectivity index (χ1) is 11.4. The van der Waals surface area contributed by atoms with Gasteiger partial charge in [0.25, 0.3) is 0 Å². The number of likely N-dealkylation sites (N-methyl/N-ethyl adjacent to an activating group) is 1. The highest BCUT2D eigenvalue weighted by atomic mass is 16.2. The molecule has 24 heavy (non-hydrogen) atoms. The lowest BCUT2D eigenvalue weighted by atomic mass is 10.0. The Morgan fingerprint density at radius 3 is 2.58 bits per heavy atom. The smallest absolute Gasteiger partial charge is 0.243 e. The minimum atomic E-state index is -0.157. The van der Waals surface area contributed by atoms with Crippen molar-refractivity contribution >= 4 is 17.5 Å². The molecule has 1 saturated heterocycles. The Kier molecular flexibility index (Phi) is 6.37. The van der Waals surface area contributed by atoms with Crippen LogP contribution in [0.25, 0.3) is 0 Å². The van der Waals surface area contributed by atoms with Crippen molar-refractivity contribution < 1.29 is 9.59 Å². The summed E-state index contributed by atoms with van der Waals surface area (Å²) >= 11 is 0. The van der Waals surface area contributed by atoms with Gasteiger partial charge in [0.2, 0.25) is 11.8 Å². The van der Waals surface area contributed by atoms with Crippen LogP contribution in [0.15, 0.2) is 18.2 Å². The molecule has 0 radical (unpaired) electrons. The number of benzene rings is 1. The molecular formula is C19H29N3O2. The molecule has 0 aromatic heterocycles. The Hall–Kier alpha value is -1.88. The van der Waals surface area contributed by atoms with E-state index in [9.17, 15) is 9.59 Å². The third-order valence-corrected chi connectivity index (χ3v) is 4.65. The van der Waals surface area contributed by atoms with Crippen molar-refractivity contribution in [1.82, 2.24) is 9.80 Å². The summed E-state index contributed by atoms with van der Waals surface area (Å²) in [6.07, 6.45) is 2.38. The van der Waals surface area contributed by atoms with Crippen LogP contribution in [0.3, 0.4) is 0 Å². The van der Waals surface area contributed by atoms with Crippen molar-refractivity contribution in [3.63, 3.8) is 0 Å².